The fourth-order valence-electron chi connectivity index (χ4n) is 2.26. The van der Waals surface area contributed by atoms with Gasteiger partial charge in [-0.15, -0.1) is 0 Å². The summed E-state index contributed by atoms with van der Waals surface area (Å²) in [6.45, 7) is 1.26. The van der Waals surface area contributed by atoms with Gasteiger partial charge in [-0.25, -0.2) is 4.79 Å². The minimum atomic E-state index is -0.837. The van der Waals surface area contributed by atoms with Crippen molar-refractivity contribution in [1.29, 1.82) is 5.53 Å². The normalized spacial score (nSPS) is 24.5. The van der Waals surface area contributed by atoms with Crippen molar-refractivity contribution in [3.8, 4) is 0 Å². The van der Waals surface area contributed by atoms with Gasteiger partial charge >= 0.3 is 6.09 Å². The van der Waals surface area contributed by atoms with E-state index in [1.54, 1.807) is 0 Å². The van der Waals surface area contributed by atoms with Crippen LogP contribution in [0.2, 0.25) is 0 Å². The van der Waals surface area contributed by atoms with Crippen molar-refractivity contribution in [1.82, 2.24) is 9.81 Å². The van der Waals surface area contributed by atoms with Gasteiger partial charge in [0.15, 0.2) is 0 Å². The molecule has 1 saturated heterocycles. The van der Waals surface area contributed by atoms with Crippen LogP contribution in [0, 0.1) is 10.9 Å². The third kappa shape index (κ3) is 1.19. The highest BCUT2D eigenvalue weighted by Crippen LogP contribution is 2.49. The second kappa shape index (κ2) is 2.53. The van der Waals surface area contributed by atoms with Gasteiger partial charge in [0.05, 0.1) is 0 Å². The van der Waals surface area contributed by atoms with Gasteiger partial charge in [0.1, 0.15) is 16.7 Å². The minimum Gasteiger partial charge on any atom is -0.465 e. The molecule has 0 bridgehead atoms. The van der Waals surface area contributed by atoms with E-state index in [0.29, 0.717) is 13.1 Å². The van der Waals surface area contributed by atoms with E-state index in [2.05, 4.69) is 10.0 Å². The molecule has 70 valence electrons. The fraction of sp³-hybridized carbons (Fsp3) is 0.857. The van der Waals surface area contributed by atoms with Crippen molar-refractivity contribution >= 4 is 6.09 Å². The van der Waals surface area contributed by atoms with Gasteiger partial charge in [-0.3, -0.25) is 0 Å². The molecular formula is C7H11N4O2+. The average molecular weight is 183 g/mol. The Morgan fingerprint density at radius 1 is 1.62 bits per heavy atom. The number of nitrogens with zero attached hydrogens (tertiary/aromatic N) is 3. The number of rotatable bonds is 1. The second-order valence-electron chi connectivity index (χ2n) is 3.92. The molecule has 0 atom stereocenters. The van der Waals surface area contributed by atoms with Gasteiger partial charge < -0.3 is 10.0 Å². The summed E-state index contributed by atoms with van der Waals surface area (Å²) >= 11 is 0. The van der Waals surface area contributed by atoms with Crippen LogP contribution in [0.5, 0.6) is 0 Å². The third-order valence-electron chi connectivity index (χ3n) is 2.88. The lowest BCUT2D eigenvalue weighted by Crippen LogP contribution is -2.64. The Balaban J connectivity index is 1.82. The predicted molar refractivity (Wildman–Crippen MR) is 42.3 cm³/mol. The lowest BCUT2D eigenvalue weighted by atomic mass is 9.61. The smallest absolute Gasteiger partial charge is 0.407 e. The molecule has 1 aliphatic carbocycles. The molecule has 1 saturated carbocycles. The van der Waals surface area contributed by atoms with E-state index in [-0.39, 0.29) is 11.5 Å². The van der Waals surface area contributed by atoms with Crippen LogP contribution in [0.15, 0.2) is 5.11 Å². The molecule has 1 heterocycles. The Morgan fingerprint density at radius 3 is 2.69 bits per heavy atom. The van der Waals surface area contributed by atoms with E-state index >= 15 is 0 Å². The van der Waals surface area contributed by atoms with E-state index in [0.717, 1.165) is 12.8 Å². The summed E-state index contributed by atoms with van der Waals surface area (Å²) in [5, 5.41) is 12.3. The zero-order chi connectivity index (χ0) is 9.47. The zero-order valence-electron chi connectivity index (χ0n) is 7.10. The lowest BCUT2D eigenvalue weighted by molar-refractivity contribution is -0.0572. The molecule has 1 aliphatic heterocycles. The van der Waals surface area contributed by atoms with Gasteiger partial charge in [-0.05, 0) is 12.8 Å². The van der Waals surface area contributed by atoms with Crippen molar-refractivity contribution in [2.75, 3.05) is 13.1 Å². The Labute approximate surface area is 74.8 Å². The molecule has 1 spiro atoms. The third-order valence-corrected chi connectivity index (χ3v) is 2.88. The predicted octanol–water partition coefficient (Wildman–Crippen LogP) is 0.679. The summed E-state index contributed by atoms with van der Waals surface area (Å²) in [4.78, 5) is 14.9. The average Bonchev–Trinajstić information content (AvgIpc) is 1.90. The lowest BCUT2D eigenvalue weighted by Gasteiger charge is -2.55. The van der Waals surface area contributed by atoms with Gasteiger partial charge in [0.2, 0.25) is 4.91 Å². The van der Waals surface area contributed by atoms with Crippen LogP contribution in [0.1, 0.15) is 12.8 Å². The molecular weight excluding hydrogens is 172 g/mol. The fourth-order valence-corrected chi connectivity index (χ4v) is 2.26. The van der Waals surface area contributed by atoms with Crippen LogP contribution in [0.25, 0.3) is 0 Å². The monoisotopic (exact) mass is 183 g/mol. The first-order valence-corrected chi connectivity index (χ1v) is 4.20. The Kier molecular flexibility index (Phi) is 1.60. The Bertz CT molecular complexity index is 265. The first-order valence-electron chi connectivity index (χ1n) is 4.20. The molecule has 2 N–H and O–H groups in total. The summed E-state index contributed by atoms with van der Waals surface area (Å²) in [5.41, 5.74) is 6.71. The zero-order valence-corrected chi connectivity index (χ0v) is 7.10. The van der Waals surface area contributed by atoms with E-state index in [1.165, 1.54) is 4.90 Å². The quantitative estimate of drug-likeness (QED) is 0.462. The second-order valence-corrected chi connectivity index (χ2v) is 3.92. The summed E-state index contributed by atoms with van der Waals surface area (Å²) in [7, 11) is 0. The maximum absolute atomic E-state index is 10.5. The molecule has 13 heavy (non-hydrogen) atoms. The summed E-state index contributed by atoms with van der Waals surface area (Å²) in [6, 6.07) is 0.161. The van der Waals surface area contributed by atoms with Crippen LogP contribution in [-0.4, -0.2) is 35.2 Å². The molecule has 6 heteroatoms. The van der Waals surface area contributed by atoms with Gasteiger partial charge in [0.25, 0.3) is 0 Å². The largest absolute Gasteiger partial charge is 0.465 e. The summed E-state index contributed by atoms with van der Waals surface area (Å²) in [5.74, 6) is 0. The Morgan fingerprint density at radius 2 is 2.23 bits per heavy atom. The topological polar surface area (TPSA) is 90.9 Å². The number of amides is 1. The molecule has 0 aromatic heterocycles. The molecule has 0 aromatic rings. The molecule has 2 aliphatic rings. The molecule has 0 radical (unpaired) electrons. The van der Waals surface area contributed by atoms with E-state index in [4.69, 9.17) is 10.6 Å². The number of likely N-dealkylation sites (tertiary alicyclic amines) is 1. The van der Waals surface area contributed by atoms with E-state index < -0.39 is 6.09 Å². The van der Waals surface area contributed by atoms with E-state index in [9.17, 15) is 4.79 Å². The maximum Gasteiger partial charge on any atom is 0.407 e. The number of hydrogen-bond donors (Lipinski definition) is 2. The molecule has 2 fully saturated rings. The van der Waals surface area contributed by atoms with Gasteiger partial charge in [-0.2, -0.15) is 0 Å². The number of hydrogen-bond acceptors (Lipinski definition) is 3. The van der Waals surface area contributed by atoms with Crippen molar-refractivity contribution in [3.05, 3.63) is 0 Å². The molecule has 6 nitrogen and oxygen atoms in total. The van der Waals surface area contributed by atoms with Crippen LogP contribution in [0.3, 0.4) is 0 Å². The number of carboxylic acid groups (broad SMARTS) is 1. The van der Waals surface area contributed by atoms with Crippen molar-refractivity contribution < 1.29 is 9.90 Å². The van der Waals surface area contributed by atoms with Crippen LogP contribution < -0.4 is 4.91 Å². The molecule has 2 rings (SSSR count). The minimum absolute atomic E-state index is 0.161. The van der Waals surface area contributed by atoms with Crippen LogP contribution in [0.4, 0.5) is 4.79 Å². The van der Waals surface area contributed by atoms with Gasteiger partial charge in [0, 0.05) is 18.5 Å². The Hall–Kier alpha value is -1.42. The van der Waals surface area contributed by atoms with Crippen LogP contribution >= 0.6 is 0 Å². The van der Waals surface area contributed by atoms with Gasteiger partial charge in [-0.1, -0.05) is 0 Å². The first kappa shape index (κ1) is 8.19. The molecule has 0 aromatic carbocycles. The number of nitrogens with one attached hydrogen (secondary N) is 1. The van der Waals surface area contributed by atoms with E-state index in [1.807, 2.05) is 0 Å². The maximum atomic E-state index is 10.5. The SMILES string of the molecule is N=[N+]=NC1CC2(C1)CN(C(=O)O)C2. The standard InChI is InChI=1S/C7H10N4O2/c8-10-9-5-1-7(2-5)3-11(4-7)6(12)13/h5,8H,1-4H2/p+1. The first-order chi connectivity index (χ1) is 6.15. The highest BCUT2D eigenvalue weighted by Gasteiger charge is 2.55. The van der Waals surface area contributed by atoms with Crippen molar-refractivity contribution in [2.24, 2.45) is 10.5 Å². The van der Waals surface area contributed by atoms with Crippen molar-refractivity contribution in [3.63, 3.8) is 0 Å². The molecule has 1 amide bonds. The summed E-state index contributed by atoms with van der Waals surface area (Å²) < 4.78 is 0. The number of carbonyl (C=O) groups is 1. The molecule has 0 unspecified atom stereocenters. The highest BCUT2D eigenvalue weighted by atomic mass is 16.4. The van der Waals surface area contributed by atoms with Crippen LogP contribution in [-0.2, 0) is 0 Å². The van der Waals surface area contributed by atoms with Crippen molar-refractivity contribution in [2.45, 2.75) is 18.9 Å². The summed E-state index contributed by atoms with van der Waals surface area (Å²) in [6.07, 6.45) is 0.939. The highest BCUT2D eigenvalue weighted by molar-refractivity contribution is 5.66.